The molecule has 0 saturated heterocycles. The smallest absolute Gasteiger partial charge is 0.310 e. The van der Waals surface area contributed by atoms with Crippen molar-refractivity contribution in [2.24, 2.45) is 5.92 Å². The van der Waals surface area contributed by atoms with E-state index in [1.165, 1.54) is 12.8 Å². The van der Waals surface area contributed by atoms with Crippen LogP contribution in [0.4, 0.5) is 5.69 Å². The Labute approximate surface area is 137 Å². The molecule has 0 radical (unpaired) electrons. The van der Waals surface area contributed by atoms with Crippen LogP contribution >= 0.6 is 0 Å². The molecule has 1 aliphatic rings. The van der Waals surface area contributed by atoms with E-state index < -0.39 is 11.9 Å². The number of carbonyl (C=O) groups excluding carboxylic acids is 1. The Balaban J connectivity index is 1.82. The lowest BCUT2D eigenvalue weighted by molar-refractivity contribution is -0.138. The third-order valence-electron chi connectivity index (χ3n) is 4.53. The number of carbonyl (C=O) groups is 2. The summed E-state index contributed by atoms with van der Waals surface area (Å²) in [4.78, 5) is 22.9. The summed E-state index contributed by atoms with van der Waals surface area (Å²) in [5.74, 6) is -1.09. The predicted octanol–water partition coefficient (Wildman–Crippen LogP) is 3.41. The number of aliphatic carboxylic acids is 1. The van der Waals surface area contributed by atoms with Crippen molar-refractivity contribution in [1.82, 2.24) is 0 Å². The Hall–Kier alpha value is -1.88. The van der Waals surface area contributed by atoms with Crippen molar-refractivity contribution in [1.29, 1.82) is 0 Å². The number of hydrogen-bond acceptors (Lipinski definition) is 3. The lowest BCUT2D eigenvalue weighted by Crippen LogP contribution is -2.29. The summed E-state index contributed by atoms with van der Waals surface area (Å²) in [6.45, 7) is 3.86. The molecule has 0 spiro atoms. The van der Waals surface area contributed by atoms with Crippen LogP contribution in [-0.4, -0.2) is 29.7 Å². The van der Waals surface area contributed by atoms with Gasteiger partial charge in [0.25, 0.3) is 0 Å². The number of anilines is 1. The van der Waals surface area contributed by atoms with Gasteiger partial charge in [0.05, 0.1) is 12.0 Å². The van der Waals surface area contributed by atoms with Crippen LogP contribution in [0, 0.1) is 5.92 Å². The molecule has 2 N–H and O–H groups in total. The molecule has 126 valence electrons. The molecule has 1 amide bonds. The molecule has 5 nitrogen and oxygen atoms in total. The molecule has 1 aromatic rings. The van der Waals surface area contributed by atoms with E-state index in [1.54, 1.807) is 31.2 Å². The lowest BCUT2D eigenvalue weighted by Gasteiger charge is -2.28. The number of benzene rings is 1. The first kappa shape index (κ1) is 17.5. The first-order valence-corrected chi connectivity index (χ1v) is 8.21. The maximum atomic E-state index is 12.0. The van der Waals surface area contributed by atoms with Gasteiger partial charge < -0.3 is 15.2 Å². The van der Waals surface area contributed by atoms with Crippen LogP contribution < -0.4 is 5.32 Å². The Morgan fingerprint density at radius 1 is 1.26 bits per heavy atom. The van der Waals surface area contributed by atoms with Crippen LogP contribution in [0.25, 0.3) is 0 Å². The fourth-order valence-electron chi connectivity index (χ4n) is 2.91. The molecule has 23 heavy (non-hydrogen) atoms. The second-order valence-corrected chi connectivity index (χ2v) is 6.34. The number of hydrogen-bond donors (Lipinski definition) is 2. The summed E-state index contributed by atoms with van der Waals surface area (Å²) in [6, 6.07) is 6.88. The summed E-state index contributed by atoms with van der Waals surface area (Å²) in [6.07, 6.45) is 4.77. The molecule has 0 heterocycles. The van der Waals surface area contributed by atoms with Crippen molar-refractivity contribution < 1.29 is 19.4 Å². The maximum absolute atomic E-state index is 12.0. The van der Waals surface area contributed by atoms with E-state index in [0.717, 1.165) is 12.8 Å². The van der Waals surface area contributed by atoms with Gasteiger partial charge >= 0.3 is 5.97 Å². The minimum atomic E-state index is -0.864. The van der Waals surface area contributed by atoms with E-state index in [-0.39, 0.29) is 18.6 Å². The van der Waals surface area contributed by atoms with Crippen LogP contribution in [0.3, 0.4) is 0 Å². The molecule has 1 saturated carbocycles. The van der Waals surface area contributed by atoms with Gasteiger partial charge in [-0.05, 0) is 43.4 Å². The number of carboxylic acids is 1. The van der Waals surface area contributed by atoms with Gasteiger partial charge in [-0.2, -0.15) is 0 Å². The Bertz CT molecular complexity index is 540. The van der Waals surface area contributed by atoms with E-state index in [1.807, 2.05) is 0 Å². The highest BCUT2D eigenvalue weighted by molar-refractivity contribution is 5.91. The largest absolute Gasteiger partial charge is 0.481 e. The fraction of sp³-hybridized carbons (Fsp3) is 0.556. The average Bonchev–Trinajstić information content (AvgIpc) is 2.54. The number of rotatable bonds is 6. The SMILES string of the molecule is CC(C(=O)O)c1ccc(NC(=O)COC2CCCCC2C)cc1. The zero-order valence-corrected chi connectivity index (χ0v) is 13.7. The number of nitrogens with one attached hydrogen (secondary N) is 1. The van der Waals surface area contributed by atoms with E-state index in [4.69, 9.17) is 9.84 Å². The number of amides is 1. The summed E-state index contributed by atoms with van der Waals surface area (Å²) in [5.41, 5.74) is 1.36. The number of carboxylic acid groups (broad SMARTS) is 1. The maximum Gasteiger partial charge on any atom is 0.310 e. The fourth-order valence-corrected chi connectivity index (χ4v) is 2.91. The third kappa shape index (κ3) is 5.06. The Morgan fingerprint density at radius 2 is 1.91 bits per heavy atom. The average molecular weight is 319 g/mol. The van der Waals surface area contributed by atoms with Crippen molar-refractivity contribution in [3.8, 4) is 0 Å². The summed E-state index contributed by atoms with van der Waals surface area (Å²) < 4.78 is 5.73. The zero-order valence-electron chi connectivity index (χ0n) is 13.7. The first-order valence-electron chi connectivity index (χ1n) is 8.21. The lowest BCUT2D eigenvalue weighted by atomic mass is 9.88. The highest BCUT2D eigenvalue weighted by Crippen LogP contribution is 2.26. The molecular formula is C18H25NO4. The molecule has 5 heteroatoms. The highest BCUT2D eigenvalue weighted by atomic mass is 16.5. The Morgan fingerprint density at radius 3 is 2.52 bits per heavy atom. The van der Waals surface area contributed by atoms with Gasteiger partial charge in [0, 0.05) is 5.69 Å². The van der Waals surface area contributed by atoms with E-state index >= 15 is 0 Å². The van der Waals surface area contributed by atoms with Gasteiger partial charge in [-0.15, -0.1) is 0 Å². The van der Waals surface area contributed by atoms with E-state index in [2.05, 4.69) is 12.2 Å². The predicted molar refractivity (Wildman–Crippen MR) is 88.5 cm³/mol. The van der Waals surface area contributed by atoms with Crippen LogP contribution in [0.2, 0.25) is 0 Å². The molecule has 1 fully saturated rings. The molecular weight excluding hydrogens is 294 g/mol. The molecule has 0 bridgehead atoms. The van der Waals surface area contributed by atoms with Crippen molar-refractivity contribution in [2.75, 3.05) is 11.9 Å². The van der Waals surface area contributed by atoms with E-state index in [0.29, 0.717) is 17.2 Å². The van der Waals surface area contributed by atoms with Gasteiger partial charge in [-0.25, -0.2) is 0 Å². The first-order chi connectivity index (χ1) is 11.0. The Kier molecular flexibility index (Phi) is 6.16. The van der Waals surface area contributed by atoms with E-state index in [9.17, 15) is 9.59 Å². The summed E-state index contributed by atoms with van der Waals surface area (Å²) >= 11 is 0. The van der Waals surface area contributed by atoms with Crippen molar-refractivity contribution in [3.05, 3.63) is 29.8 Å². The second kappa shape index (κ2) is 8.11. The third-order valence-corrected chi connectivity index (χ3v) is 4.53. The number of ether oxygens (including phenoxy) is 1. The normalized spacial score (nSPS) is 22.3. The van der Waals surface area contributed by atoms with Crippen molar-refractivity contribution >= 4 is 17.6 Å². The van der Waals surface area contributed by atoms with Gasteiger partial charge in [-0.3, -0.25) is 9.59 Å². The summed E-state index contributed by atoms with van der Waals surface area (Å²) in [5, 5.41) is 11.8. The van der Waals surface area contributed by atoms with Crippen LogP contribution in [-0.2, 0) is 14.3 Å². The topological polar surface area (TPSA) is 75.6 Å². The standard InChI is InChI=1S/C18H25NO4/c1-12-5-3-4-6-16(12)23-11-17(20)19-15-9-7-14(8-10-15)13(2)18(21)22/h7-10,12-13,16H,3-6,11H2,1-2H3,(H,19,20)(H,21,22). The zero-order chi connectivity index (χ0) is 16.8. The van der Waals surface area contributed by atoms with Gasteiger partial charge in [0.1, 0.15) is 6.61 Å². The van der Waals surface area contributed by atoms with Crippen molar-refractivity contribution in [3.63, 3.8) is 0 Å². The van der Waals surface area contributed by atoms with Crippen LogP contribution in [0.5, 0.6) is 0 Å². The molecule has 3 unspecified atom stereocenters. The van der Waals surface area contributed by atoms with Crippen LogP contribution in [0.1, 0.15) is 51.0 Å². The highest BCUT2D eigenvalue weighted by Gasteiger charge is 2.22. The quantitative estimate of drug-likeness (QED) is 0.842. The molecule has 0 aromatic heterocycles. The monoisotopic (exact) mass is 319 g/mol. The van der Waals surface area contributed by atoms with Gasteiger partial charge in [0.2, 0.25) is 5.91 Å². The minimum absolute atomic E-state index is 0.0578. The second-order valence-electron chi connectivity index (χ2n) is 6.34. The van der Waals surface area contributed by atoms with Gasteiger partial charge in [-0.1, -0.05) is 31.9 Å². The molecule has 1 aliphatic carbocycles. The van der Waals surface area contributed by atoms with Crippen LogP contribution in [0.15, 0.2) is 24.3 Å². The van der Waals surface area contributed by atoms with Gasteiger partial charge in [0.15, 0.2) is 0 Å². The molecule has 1 aromatic carbocycles. The van der Waals surface area contributed by atoms with Crippen molar-refractivity contribution in [2.45, 2.75) is 51.6 Å². The minimum Gasteiger partial charge on any atom is -0.481 e. The molecule has 2 rings (SSSR count). The molecule has 0 aliphatic heterocycles. The molecule has 3 atom stereocenters. The summed E-state index contributed by atoms with van der Waals surface area (Å²) in [7, 11) is 0.